The van der Waals surface area contributed by atoms with E-state index in [1.54, 1.807) is 0 Å². The zero-order valence-corrected chi connectivity index (χ0v) is 7.16. The average Bonchev–Trinajstić information content (AvgIpc) is 2.56. The van der Waals surface area contributed by atoms with Crippen molar-refractivity contribution in [2.75, 3.05) is 13.2 Å². The maximum atomic E-state index is 5.75. The summed E-state index contributed by atoms with van der Waals surface area (Å²) < 4.78 is 10.9. The van der Waals surface area contributed by atoms with Crippen LogP contribution in [0.1, 0.15) is 19.3 Å². The van der Waals surface area contributed by atoms with Crippen LogP contribution in [-0.4, -0.2) is 37.5 Å². The fourth-order valence-electron chi connectivity index (χ4n) is 2.45. The Balaban J connectivity index is 1.56. The second-order valence-corrected chi connectivity index (χ2v) is 4.12. The van der Waals surface area contributed by atoms with Crippen molar-refractivity contribution in [3.8, 4) is 0 Å². The summed E-state index contributed by atoms with van der Waals surface area (Å²) in [4.78, 5) is 0. The van der Waals surface area contributed by atoms with Gasteiger partial charge in [0.25, 0.3) is 0 Å². The largest absolute Gasteiger partial charge is 0.378 e. The van der Waals surface area contributed by atoms with Crippen LogP contribution in [0.15, 0.2) is 0 Å². The molecule has 0 amide bonds. The Morgan fingerprint density at radius 2 is 2.08 bits per heavy atom. The Morgan fingerprint density at radius 3 is 2.58 bits per heavy atom. The lowest BCUT2D eigenvalue weighted by Crippen LogP contribution is -2.53. The molecule has 0 aromatic heterocycles. The molecule has 3 atom stereocenters. The Kier molecular flexibility index (Phi) is 1.63. The first-order chi connectivity index (χ1) is 5.92. The van der Waals surface area contributed by atoms with Crippen LogP contribution in [0.25, 0.3) is 0 Å². The van der Waals surface area contributed by atoms with Gasteiger partial charge in [0, 0.05) is 6.04 Å². The number of nitrogens with one attached hydrogen (secondary N) is 1. The second-order valence-electron chi connectivity index (χ2n) is 4.12. The van der Waals surface area contributed by atoms with E-state index in [9.17, 15) is 0 Å². The monoisotopic (exact) mass is 169 g/mol. The summed E-state index contributed by atoms with van der Waals surface area (Å²) >= 11 is 0. The van der Waals surface area contributed by atoms with Crippen molar-refractivity contribution in [2.24, 2.45) is 0 Å². The Morgan fingerprint density at radius 1 is 1.17 bits per heavy atom. The van der Waals surface area contributed by atoms with Gasteiger partial charge in [0.05, 0.1) is 31.5 Å². The standard InChI is InChI=1S/C9H15NO2/c1-2-9-8(3-7(1)12-9)10-6-4-11-5-6/h6-10H,1-5H2/t7-,8-,9+/m1/s1. The van der Waals surface area contributed by atoms with Crippen molar-refractivity contribution in [1.29, 1.82) is 0 Å². The van der Waals surface area contributed by atoms with Crippen molar-refractivity contribution in [1.82, 2.24) is 5.32 Å². The lowest BCUT2D eigenvalue weighted by atomic mass is 9.95. The highest BCUT2D eigenvalue weighted by atomic mass is 16.5. The molecule has 0 aromatic carbocycles. The molecule has 2 bridgehead atoms. The highest BCUT2D eigenvalue weighted by Crippen LogP contribution is 2.34. The molecule has 3 fully saturated rings. The van der Waals surface area contributed by atoms with E-state index >= 15 is 0 Å². The maximum absolute atomic E-state index is 5.75. The molecule has 3 aliphatic rings. The quantitative estimate of drug-likeness (QED) is 0.644. The minimum atomic E-state index is 0.510. The van der Waals surface area contributed by atoms with Gasteiger partial charge in [-0.15, -0.1) is 0 Å². The van der Waals surface area contributed by atoms with Crippen LogP contribution in [0.5, 0.6) is 0 Å². The first-order valence-electron chi connectivity index (χ1n) is 4.91. The van der Waals surface area contributed by atoms with E-state index in [0.717, 1.165) is 13.2 Å². The molecular weight excluding hydrogens is 154 g/mol. The molecule has 3 saturated heterocycles. The Bertz CT molecular complexity index is 181. The Hall–Kier alpha value is -0.120. The number of ether oxygens (including phenoxy) is 2. The van der Waals surface area contributed by atoms with Gasteiger partial charge < -0.3 is 14.8 Å². The summed E-state index contributed by atoms with van der Waals surface area (Å²) in [7, 11) is 0. The fourth-order valence-corrected chi connectivity index (χ4v) is 2.45. The van der Waals surface area contributed by atoms with E-state index in [4.69, 9.17) is 9.47 Å². The molecule has 3 rings (SSSR count). The van der Waals surface area contributed by atoms with Crippen LogP contribution in [0.2, 0.25) is 0 Å². The third-order valence-corrected chi connectivity index (χ3v) is 3.19. The van der Waals surface area contributed by atoms with Crippen molar-refractivity contribution in [3.63, 3.8) is 0 Å². The molecule has 0 spiro atoms. The van der Waals surface area contributed by atoms with Crippen molar-refractivity contribution >= 4 is 0 Å². The third kappa shape index (κ3) is 1.08. The molecular formula is C9H15NO2. The van der Waals surface area contributed by atoms with E-state index < -0.39 is 0 Å². The molecule has 0 saturated carbocycles. The minimum Gasteiger partial charge on any atom is -0.378 e. The van der Waals surface area contributed by atoms with Gasteiger partial charge in [-0.25, -0.2) is 0 Å². The first kappa shape index (κ1) is 7.30. The highest BCUT2D eigenvalue weighted by molar-refractivity contribution is 4.96. The lowest BCUT2D eigenvalue weighted by molar-refractivity contribution is -0.0143. The summed E-state index contributed by atoms with van der Waals surface area (Å²) in [6, 6.07) is 1.23. The molecule has 3 heterocycles. The summed E-state index contributed by atoms with van der Waals surface area (Å²) in [5, 5.41) is 3.60. The van der Waals surface area contributed by atoms with Crippen LogP contribution < -0.4 is 5.32 Å². The van der Waals surface area contributed by atoms with E-state index in [0.29, 0.717) is 24.3 Å². The molecule has 3 heteroatoms. The van der Waals surface area contributed by atoms with Crippen LogP contribution in [-0.2, 0) is 9.47 Å². The van der Waals surface area contributed by atoms with Crippen LogP contribution in [0, 0.1) is 0 Å². The van der Waals surface area contributed by atoms with E-state index in [2.05, 4.69) is 5.32 Å². The minimum absolute atomic E-state index is 0.510. The normalized spacial score (nSPS) is 46.5. The molecule has 0 aromatic rings. The Labute approximate surface area is 72.4 Å². The van der Waals surface area contributed by atoms with Crippen LogP contribution in [0.3, 0.4) is 0 Å². The molecule has 3 nitrogen and oxygen atoms in total. The zero-order valence-electron chi connectivity index (χ0n) is 7.16. The molecule has 12 heavy (non-hydrogen) atoms. The fraction of sp³-hybridized carbons (Fsp3) is 1.00. The summed E-state index contributed by atoms with van der Waals surface area (Å²) in [6.07, 6.45) is 4.84. The molecule has 0 radical (unpaired) electrons. The second kappa shape index (κ2) is 2.69. The van der Waals surface area contributed by atoms with Gasteiger partial charge in [-0.1, -0.05) is 0 Å². The number of rotatable bonds is 2. The van der Waals surface area contributed by atoms with Gasteiger partial charge >= 0.3 is 0 Å². The molecule has 0 aliphatic carbocycles. The molecule has 0 unspecified atom stereocenters. The SMILES string of the molecule is C1OCC1N[C@@H]1C[C@H]2CC[C@@H]1O2. The predicted octanol–water partition coefficient (Wildman–Crippen LogP) is 0.295. The number of hydrogen-bond acceptors (Lipinski definition) is 3. The zero-order chi connectivity index (χ0) is 7.97. The van der Waals surface area contributed by atoms with Gasteiger partial charge in [-0.05, 0) is 19.3 Å². The highest BCUT2D eigenvalue weighted by Gasteiger charge is 2.41. The van der Waals surface area contributed by atoms with Crippen molar-refractivity contribution in [2.45, 2.75) is 43.6 Å². The number of fused-ring (bicyclic) bond motifs is 2. The predicted molar refractivity (Wildman–Crippen MR) is 44.0 cm³/mol. The van der Waals surface area contributed by atoms with Gasteiger partial charge in [-0.3, -0.25) is 0 Å². The average molecular weight is 169 g/mol. The summed E-state index contributed by atoms with van der Waals surface area (Å²) in [5.41, 5.74) is 0. The van der Waals surface area contributed by atoms with Gasteiger partial charge in [0.15, 0.2) is 0 Å². The molecule has 1 N–H and O–H groups in total. The molecule has 68 valence electrons. The van der Waals surface area contributed by atoms with Gasteiger partial charge in [0.2, 0.25) is 0 Å². The third-order valence-electron chi connectivity index (χ3n) is 3.19. The van der Waals surface area contributed by atoms with Crippen molar-refractivity contribution < 1.29 is 9.47 Å². The summed E-state index contributed by atoms with van der Waals surface area (Å²) in [6.45, 7) is 1.79. The van der Waals surface area contributed by atoms with Gasteiger partial charge in [-0.2, -0.15) is 0 Å². The van der Waals surface area contributed by atoms with Crippen molar-refractivity contribution in [3.05, 3.63) is 0 Å². The smallest absolute Gasteiger partial charge is 0.0733 e. The van der Waals surface area contributed by atoms with E-state index in [1.165, 1.54) is 19.3 Å². The van der Waals surface area contributed by atoms with Crippen LogP contribution >= 0.6 is 0 Å². The maximum Gasteiger partial charge on any atom is 0.0733 e. The van der Waals surface area contributed by atoms with Crippen LogP contribution in [0.4, 0.5) is 0 Å². The summed E-state index contributed by atoms with van der Waals surface area (Å²) in [5.74, 6) is 0. The topological polar surface area (TPSA) is 30.5 Å². The van der Waals surface area contributed by atoms with E-state index in [1.807, 2.05) is 0 Å². The van der Waals surface area contributed by atoms with E-state index in [-0.39, 0.29) is 0 Å². The first-order valence-corrected chi connectivity index (χ1v) is 4.91. The molecule has 3 aliphatic heterocycles. The lowest BCUT2D eigenvalue weighted by Gasteiger charge is -2.32. The number of hydrogen-bond donors (Lipinski definition) is 1. The van der Waals surface area contributed by atoms with Gasteiger partial charge in [0.1, 0.15) is 0 Å².